The average Bonchev–Trinajstić information content (AvgIpc) is 3.14. The molecule has 3 aromatic rings. The van der Waals surface area contributed by atoms with Crippen LogP contribution >= 0.6 is 11.3 Å². The highest BCUT2D eigenvalue weighted by Crippen LogP contribution is 2.32. The fourth-order valence-electron chi connectivity index (χ4n) is 3.26. The van der Waals surface area contributed by atoms with E-state index in [1.165, 1.54) is 15.6 Å². The Morgan fingerprint density at radius 2 is 1.89 bits per heavy atom. The Bertz CT molecular complexity index is 1030. The molecule has 0 spiro atoms. The van der Waals surface area contributed by atoms with Crippen LogP contribution in [0.1, 0.15) is 32.8 Å². The number of benzene rings is 2. The van der Waals surface area contributed by atoms with Crippen LogP contribution in [-0.2, 0) is 16.4 Å². The predicted molar refractivity (Wildman–Crippen MR) is 114 cm³/mol. The second-order valence-corrected chi connectivity index (χ2v) is 10.2. The first-order chi connectivity index (χ1) is 13.3. The van der Waals surface area contributed by atoms with Crippen molar-refractivity contribution in [3.05, 3.63) is 59.6 Å². The molecular weight excluding hydrogens is 392 g/mol. The average molecular weight is 419 g/mol. The van der Waals surface area contributed by atoms with E-state index in [1.54, 1.807) is 23.7 Å². The van der Waals surface area contributed by atoms with Crippen LogP contribution in [0.4, 0.5) is 0 Å². The Balaban J connectivity index is 2.05. The third-order valence-electron chi connectivity index (χ3n) is 4.78. The van der Waals surface area contributed by atoms with Crippen LogP contribution in [0, 0.1) is 5.92 Å². The Kier molecular flexibility index (Phi) is 6.19. The summed E-state index contributed by atoms with van der Waals surface area (Å²) in [6.07, 6.45) is 0.524. The van der Waals surface area contributed by atoms with Gasteiger partial charge in [0, 0.05) is 13.0 Å². The number of sulfonamides is 1. The molecular formula is C21H26N2O3S2. The minimum absolute atomic E-state index is 0.0655. The number of aliphatic hydroxyl groups is 1. The van der Waals surface area contributed by atoms with E-state index in [2.05, 4.69) is 4.98 Å². The molecule has 0 saturated carbocycles. The van der Waals surface area contributed by atoms with Crippen LogP contribution < -0.4 is 0 Å². The molecule has 0 radical (unpaired) electrons. The maximum Gasteiger partial charge on any atom is 0.245 e. The zero-order chi connectivity index (χ0) is 20.4. The van der Waals surface area contributed by atoms with E-state index in [-0.39, 0.29) is 30.2 Å². The van der Waals surface area contributed by atoms with E-state index in [0.717, 1.165) is 15.8 Å². The molecule has 0 saturated heterocycles. The lowest BCUT2D eigenvalue weighted by Crippen LogP contribution is -2.54. The fraction of sp³-hybridized carbons (Fsp3) is 0.381. The summed E-state index contributed by atoms with van der Waals surface area (Å²) in [6, 6.07) is 14.4. The van der Waals surface area contributed by atoms with Gasteiger partial charge in [-0.1, -0.05) is 51.1 Å². The van der Waals surface area contributed by atoms with E-state index in [0.29, 0.717) is 0 Å². The molecule has 1 aromatic heterocycles. The van der Waals surface area contributed by atoms with Crippen molar-refractivity contribution in [3.63, 3.8) is 0 Å². The summed E-state index contributed by atoms with van der Waals surface area (Å²) in [4.78, 5) is 4.40. The van der Waals surface area contributed by atoms with E-state index < -0.39 is 15.7 Å². The monoisotopic (exact) mass is 418 g/mol. The molecule has 1 unspecified atom stereocenters. The number of hydrogen-bond acceptors (Lipinski definition) is 5. The topological polar surface area (TPSA) is 70.5 Å². The lowest BCUT2D eigenvalue weighted by Gasteiger charge is -2.39. The van der Waals surface area contributed by atoms with Gasteiger partial charge in [0.1, 0.15) is 5.72 Å². The van der Waals surface area contributed by atoms with Gasteiger partial charge in [-0.25, -0.2) is 13.4 Å². The van der Waals surface area contributed by atoms with Crippen molar-refractivity contribution in [3.8, 4) is 0 Å². The zero-order valence-corrected chi connectivity index (χ0v) is 18.0. The number of thiazole rings is 1. The molecule has 0 amide bonds. The van der Waals surface area contributed by atoms with E-state index >= 15 is 0 Å². The molecule has 1 heterocycles. The molecule has 0 aliphatic carbocycles. The van der Waals surface area contributed by atoms with Gasteiger partial charge >= 0.3 is 0 Å². The largest absolute Gasteiger partial charge is 0.374 e. The van der Waals surface area contributed by atoms with Crippen LogP contribution in [0.2, 0.25) is 0 Å². The summed E-state index contributed by atoms with van der Waals surface area (Å²) in [6.45, 7) is 5.96. The molecule has 5 nitrogen and oxygen atoms in total. The normalized spacial score (nSPS) is 14.6. The van der Waals surface area contributed by atoms with Gasteiger partial charge in [-0.3, -0.25) is 0 Å². The molecule has 0 aliphatic rings. The third kappa shape index (κ3) is 4.27. The van der Waals surface area contributed by atoms with Crippen molar-refractivity contribution in [2.24, 2.45) is 5.92 Å². The van der Waals surface area contributed by atoms with Gasteiger partial charge in [-0.15, -0.1) is 11.3 Å². The van der Waals surface area contributed by atoms with Gasteiger partial charge in [0.25, 0.3) is 0 Å². The van der Waals surface area contributed by atoms with Gasteiger partial charge in [0.05, 0.1) is 20.6 Å². The summed E-state index contributed by atoms with van der Waals surface area (Å²) in [5.74, 6) is 0.0655. The first-order valence-corrected chi connectivity index (χ1v) is 11.7. The van der Waals surface area contributed by atoms with E-state index in [4.69, 9.17) is 0 Å². The molecule has 0 aliphatic heterocycles. The lowest BCUT2D eigenvalue weighted by atomic mass is 9.99. The first kappa shape index (κ1) is 20.9. The predicted octanol–water partition coefficient (Wildman–Crippen LogP) is 4.28. The smallest absolute Gasteiger partial charge is 0.245 e. The second-order valence-electron chi connectivity index (χ2n) is 7.41. The zero-order valence-electron chi connectivity index (χ0n) is 16.4. The number of nitrogens with zero attached hydrogens (tertiary/aromatic N) is 2. The van der Waals surface area contributed by atoms with Gasteiger partial charge in [-0.05, 0) is 36.1 Å². The second kappa shape index (κ2) is 8.29. The number of aromatic nitrogens is 1. The van der Waals surface area contributed by atoms with Gasteiger partial charge in [0.2, 0.25) is 10.0 Å². The van der Waals surface area contributed by atoms with E-state index in [9.17, 15) is 13.5 Å². The molecule has 1 N–H and O–H groups in total. The minimum Gasteiger partial charge on any atom is -0.374 e. The maximum atomic E-state index is 13.6. The standard InChI is InChI=1S/C21H26N2O3S2/c1-4-21(24,13-17-8-6-5-7-9-17)23(14-16(2)3)28(25,26)18-10-11-19-20(12-18)27-15-22-19/h5-12,15-16,24H,4,13-14H2,1-3H3. The summed E-state index contributed by atoms with van der Waals surface area (Å²) >= 11 is 1.40. The van der Waals surface area contributed by atoms with Crippen LogP contribution in [-0.4, -0.2) is 35.1 Å². The summed E-state index contributed by atoms with van der Waals surface area (Å²) in [5.41, 5.74) is 1.86. The molecule has 150 valence electrons. The highest BCUT2D eigenvalue weighted by Gasteiger charge is 2.42. The fourth-order valence-corrected chi connectivity index (χ4v) is 5.95. The quantitative estimate of drug-likeness (QED) is 0.554. The van der Waals surface area contributed by atoms with Crippen molar-refractivity contribution < 1.29 is 13.5 Å². The Hall–Kier alpha value is -1.80. The molecule has 3 rings (SSSR count). The van der Waals surface area contributed by atoms with Crippen LogP contribution in [0.3, 0.4) is 0 Å². The van der Waals surface area contributed by atoms with Crippen LogP contribution in [0.5, 0.6) is 0 Å². The maximum absolute atomic E-state index is 13.6. The highest BCUT2D eigenvalue weighted by atomic mass is 32.2. The van der Waals surface area contributed by atoms with E-state index in [1.807, 2.05) is 51.1 Å². The summed E-state index contributed by atoms with van der Waals surface area (Å²) in [5, 5.41) is 11.5. The Morgan fingerprint density at radius 3 is 2.54 bits per heavy atom. The molecule has 28 heavy (non-hydrogen) atoms. The van der Waals surface area contributed by atoms with Crippen molar-refractivity contribution in [1.29, 1.82) is 0 Å². The Labute approximate surface area is 170 Å². The van der Waals surface area contributed by atoms with Crippen LogP contribution in [0.15, 0.2) is 58.9 Å². The highest BCUT2D eigenvalue weighted by molar-refractivity contribution is 7.89. The van der Waals surface area contributed by atoms with Crippen molar-refractivity contribution in [2.75, 3.05) is 6.54 Å². The minimum atomic E-state index is -3.89. The van der Waals surface area contributed by atoms with Gasteiger partial charge < -0.3 is 5.11 Å². The number of fused-ring (bicyclic) bond motifs is 1. The molecule has 2 aromatic carbocycles. The molecule has 0 bridgehead atoms. The van der Waals surface area contributed by atoms with Crippen molar-refractivity contribution in [1.82, 2.24) is 9.29 Å². The number of rotatable bonds is 8. The third-order valence-corrected chi connectivity index (χ3v) is 7.49. The molecule has 7 heteroatoms. The first-order valence-electron chi connectivity index (χ1n) is 9.38. The van der Waals surface area contributed by atoms with Crippen molar-refractivity contribution in [2.45, 2.75) is 44.2 Å². The SMILES string of the molecule is CCC(O)(Cc1ccccc1)N(CC(C)C)S(=O)(=O)c1ccc2ncsc2c1. The molecule has 1 atom stereocenters. The summed E-state index contributed by atoms with van der Waals surface area (Å²) in [7, 11) is -3.89. The lowest BCUT2D eigenvalue weighted by molar-refractivity contribution is -0.0674. The van der Waals surface area contributed by atoms with Crippen LogP contribution in [0.25, 0.3) is 10.2 Å². The van der Waals surface area contributed by atoms with Gasteiger partial charge in [0.15, 0.2) is 0 Å². The molecule has 0 fully saturated rings. The summed E-state index contributed by atoms with van der Waals surface area (Å²) < 4.78 is 29.2. The van der Waals surface area contributed by atoms with Gasteiger partial charge in [-0.2, -0.15) is 4.31 Å². The Morgan fingerprint density at radius 1 is 1.18 bits per heavy atom. The number of hydrogen-bond donors (Lipinski definition) is 1. The van der Waals surface area contributed by atoms with Crippen molar-refractivity contribution >= 4 is 31.6 Å².